The summed E-state index contributed by atoms with van der Waals surface area (Å²) < 4.78 is 32.8. The van der Waals surface area contributed by atoms with Gasteiger partial charge in [0.15, 0.2) is 9.84 Å². The Kier molecular flexibility index (Phi) is 7.73. The Morgan fingerprint density at radius 1 is 0.944 bits per heavy atom. The standard InChI is InChI=1S/C26H29N3O6S/c1-35-26(32)19-10-12-20(13-11-19)27-24(30)18-36(33,34)23-16-29(22-9-5-4-8-21(22)23)17-25(31)28-14-6-2-3-7-15-28/h4-5,8-13,16H,2-3,6-7,14-15,17-18H2,1H3,(H,27,30). The van der Waals surface area contributed by atoms with Crippen molar-refractivity contribution in [1.29, 1.82) is 0 Å². The molecule has 2 heterocycles. The fourth-order valence-electron chi connectivity index (χ4n) is 4.41. The average Bonchev–Trinajstić information content (AvgIpc) is 3.03. The van der Waals surface area contributed by atoms with E-state index in [1.54, 1.807) is 28.8 Å². The van der Waals surface area contributed by atoms with Gasteiger partial charge in [0.2, 0.25) is 11.8 Å². The van der Waals surface area contributed by atoms with Gasteiger partial charge < -0.3 is 19.5 Å². The van der Waals surface area contributed by atoms with Gasteiger partial charge in [-0.25, -0.2) is 13.2 Å². The van der Waals surface area contributed by atoms with Gasteiger partial charge in [0.1, 0.15) is 12.3 Å². The van der Waals surface area contributed by atoms with Crippen molar-refractivity contribution in [2.24, 2.45) is 0 Å². The molecule has 1 aliphatic rings. The summed E-state index contributed by atoms with van der Waals surface area (Å²) in [6.07, 6.45) is 5.61. The number of nitrogens with one attached hydrogen (secondary N) is 1. The zero-order chi connectivity index (χ0) is 25.7. The summed E-state index contributed by atoms with van der Waals surface area (Å²) in [5.41, 5.74) is 1.29. The molecule has 0 unspecified atom stereocenters. The van der Waals surface area contributed by atoms with E-state index in [2.05, 4.69) is 10.1 Å². The molecule has 0 spiro atoms. The number of fused-ring (bicyclic) bond motifs is 1. The Hall–Kier alpha value is -3.66. The van der Waals surface area contributed by atoms with Gasteiger partial charge in [0.05, 0.1) is 17.6 Å². The number of methoxy groups -OCH3 is 1. The van der Waals surface area contributed by atoms with Crippen molar-refractivity contribution in [2.45, 2.75) is 37.1 Å². The van der Waals surface area contributed by atoms with Crippen LogP contribution in [0.1, 0.15) is 36.0 Å². The van der Waals surface area contributed by atoms with Crippen LogP contribution in [0.4, 0.5) is 5.69 Å². The zero-order valence-electron chi connectivity index (χ0n) is 20.1. The number of para-hydroxylation sites is 1. The van der Waals surface area contributed by atoms with Crippen molar-refractivity contribution < 1.29 is 27.5 Å². The van der Waals surface area contributed by atoms with Crippen LogP contribution < -0.4 is 5.32 Å². The third-order valence-electron chi connectivity index (χ3n) is 6.26. The number of anilines is 1. The summed E-state index contributed by atoms with van der Waals surface area (Å²) in [5, 5.41) is 3.02. The molecule has 0 saturated carbocycles. The fraction of sp³-hybridized carbons (Fsp3) is 0.346. The molecule has 1 aliphatic heterocycles. The molecular weight excluding hydrogens is 482 g/mol. The second-order valence-corrected chi connectivity index (χ2v) is 10.8. The van der Waals surface area contributed by atoms with Gasteiger partial charge in [-0.15, -0.1) is 0 Å². The number of esters is 1. The first-order valence-corrected chi connectivity index (χ1v) is 13.5. The average molecular weight is 512 g/mol. The highest BCUT2D eigenvalue weighted by molar-refractivity contribution is 7.92. The number of hydrogen-bond donors (Lipinski definition) is 1. The van der Waals surface area contributed by atoms with Crippen molar-refractivity contribution in [3.8, 4) is 0 Å². The maximum Gasteiger partial charge on any atom is 0.337 e. The molecule has 2 aromatic carbocycles. The van der Waals surface area contributed by atoms with Crippen LogP contribution in [0.5, 0.6) is 0 Å². The predicted octanol–water partition coefficient (Wildman–Crippen LogP) is 3.24. The molecule has 1 N–H and O–H groups in total. The zero-order valence-corrected chi connectivity index (χ0v) is 20.9. The molecule has 3 aromatic rings. The number of ether oxygens (including phenoxy) is 1. The van der Waals surface area contributed by atoms with Crippen LogP contribution in [0.15, 0.2) is 59.6 Å². The summed E-state index contributed by atoms with van der Waals surface area (Å²) in [4.78, 5) is 39.0. The molecule has 4 rings (SSSR count). The number of carbonyl (C=O) groups is 3. The van der Waals surface area contributed by atoms with E-state index in [0.29, 0.717) is 35.2 Å². The Morgan fingerprint density at radius 2 is 1.61 bits per heavy atom. The number of amides is 2. The Bertz CT molecular complexity index is 1370. The molecule has 0 atom stereocenters. The number of aromatic nitrogens is 1. The Morgan fingerprint density at radius 3 is 2.28 bits per heavy atom. The van der Waals surface area contributed by atoms with Crippen LogP contribution >= 0.6 is 0 Å². The number of nitrogens with zero attached hydrogens (tertiary/aromatic N) is 2. The second kappa shape index (κ2) is 10.9. The van der Waals surface area contributed by atoms with Crippen LogP contribution in [-0.4, -0.2) is 61.6 Å². The van der Waals surface area contributed by atoms with E-state index in [0.717, 1.165) is 25.7 Å². The number of benzene rings is 2. The van der Waals surface area contributed by atoms with Crippen molar-refractivity contribution in [3.05, 3.63) is 60.3 Å². The second-order valence-electron chi connectivity index (χ2n) is 8.81. The van der Waals surface area contributed by atoms with E-state index in [-0.39, 0.29) is 17.3 Å². The summed E-state index contributed by atoms with van der Waals surface area (Å²) >= 11 is 0. The molecule has 36 heavy (non-hydrogen) atoms. The topological polar surface area (TPSA) is 115 Å². The van der Waals surface area contributed by atoms with Crippen molar-refractivity contribution >= 4 is 44.2 Å². The number of carbonyl (C=O) groups excluding carboxylic acids is 3. The Labute approximate surface area is 209 Å². The number of rotatable bonds is 7. The summed E-state index contributed by atoms with van der Waals surface area (Å²) in [6, 6.07) is 12.9. The van der Waals surface area contributed by atoms with Gasteiger partial charge in [-0.2, -0.15) is 0 Å². The molecule has 2 amide bonds. The van der Waals surface area contributed by atoms with Crippen LogP contribution in [0.2, 0.25) is 0 Å². The normalized spacial score (nSPS) is 14.3. The third kappa shape index (κ3) is 5.76. The number of hydrogen-bond acceptors (Lipinski definition) is 6. The quantitative estimate of drug-likeness (QED) is 0.487. The lowest BCUT2D eigenvalue weighted by Gasteiger charge is -2.20. The lowest BCUT2D eigenvalue weighted by Crippen LogP contribution is -2.34. The highest BCUT2D eigenvalue weighted by atomic mass is 32.2. The van der Waals surface area contributed by atoms with E-state index < -0.39 is 27.5 Å². The SMILES string of the molecule is COC(=O)c1ccc(NC(=O)CS(=O)(=O)c2cn(CC(=O)N3CCCCCC3)c3ccccc23)cc1. The monoisotopic (exact) mass is 511 g/mol. The lowest BCUT2D eigenvalue weighted by atomic mass is 10.2. The summed E-state index contributed by atoms with van der Waals surface area (Å²) in [5.74, 6) is -2.03. The van der Waals surface area contributed by atoms with Gasteiger partial charge in [-0.05, 0) is 43.2 Å². The largest absolute Gasteiger partial charge is 0.465 e. The van der Waals surface area contributed by atoms with Crippen molar-refractivity contribution in [2.75, 3.05) is 31.3 Å². The van der Waals surface area contributed by atoms with Gasteiger partial charge in [-0.1, -0.05) is 31.0 Å². The van der Waals surface area contributed by atoms with Crippen LogP contribution in [0.3, 0.4) is 0 Å². The molecular formula is C26H29N3O6S. The first-order chi connectivity index (χ1) is 17.3. The smallest absolute Gasteiger partial charge is 0.337 e. The van der Waals surface area contributed by atoms with Gasteiger partial charge in [-0.3, -0.25) is 9.59 Å². The minimum absolute atomic E-state index is 0.0120. The van der Waals surface area contributed by atoms with Gasteiger partial charge in [0.25, 0.3) is 0 Å². The number of likely N-dealkylation sites (tertiary alicyclic amines) is 1. The molecule has 9 nitrogen and oxygen atoms in total. The lowest BCUT2D eigenvalue weighted by molar-refractivity contribution is -0.131. The summed E-state index contributed by atoms with van der Waals surface area (Å²) in [7, 11) is -2.74. The maximum atomic E-state index is 13.2. The molecule has 0 bridgehead atoms. The first kappa shape index (κ1) is 25.4. The highest BCUT2D eigenvalue weighted by Crippen LogP contribution is 2.27. The minimum Gasteiger partial charge on any atom is -0.465 e. The van der Waals surface area contributed by atoms with Crippen LogP contribution in [-0.2, 0) is 30.7 Å². The third-order valence-corrected chi connectivity index (χ3v) is 7.90. The van der Waals surface area contributed by atoms with E-state index in [1.165, 1.54) is 37.6 Å². The molecule has 190 valence electrons. The highest BCUT2D eigenvalue weighted by Gasteiger charge is 2.26. The van der Waals surface area contributed by atoms with Gasteiger partial charge in [0, 0.05) is 35.9 Å². The fourth-order valence-corrected chi connectivity index (χ4v) is 5.78. The van der Waals surface area contributed by atoms with E-state index >= 15 is 0 Å². The molecule has 10 heteroatoms. The van der Waals surface area contributed by atoms with Crippen molar-refractivity contribution in [1.82, 2.24) is 9.47 Å². The molecule has 1 saturated heterocycles. The van der Waals surface area contributed by atoms with Crippen LogP contribution in [0.25, 0.3) is 10.9 Å². The molecule has 0 radical (unpaired) electrons. The molecule has 1 fully saturated rings. The first-order valence-electron chi connectivity index (χ1n) is 11.8. The van der Waals surface area contributed by atoms with Crippen LogP contribution in [0, 0.1) is 0 Å². The van der Waals surface area contributed by atoms with E-state index in [4.69, 9.17) is 0 Å². The van der Waals surface area contributed by atoms with Gasteiger partial charge >= 0.3 is 5.97 Å². The minimum atomic E-state index is -4.01. The Balaban J connectivity index is 1.52. The van der Waals surface area contributed by atoms with E-state index in [9.17, 15) is 22.8 Å². The van der Waals surface area contributed by atoms with E-state index in [1.807, 2.05) is 4.90 Å². The predicted molar refractivity (Wildman–Crippen MR) is 135 cm³/mol. The molecule has 1 aromatic heterocycles. The molecule has 0 aliphatic carbocycles. The van der Waals surface area contributed by atoms with Crippen molar-refractivity contribution in [3.63, 3.8) is 0 Å². The summed E-state index contributed by atoms with van der Waals surface area (Å²) in [6.45, 7) is 1.46. The maximum absolute atomic E-state index is 13.2. The number of sulfone groups is 1.